The number of benzene rings is 1. The molecule has 1 amide bonds. The smallest absolute Gasteiger partial charge is 0.355 e. The lowest BCUT2D eigenvalue weighted by Gasteiger charge is -2.24. The molecule has 0 aliphatic carbocycles. The molecular weight excluding hydrogens is 360 g/mol. The summed E-state index contributed by atoms with van der Waals surface area (Å²) in [7, 11) is 2.50. The van der Waals surface area contributed by atoms with Gasteiger partial charge in [-0.2, -0.15) is 0 Å². The lowest BCUT2D eigenvalue weighted by Crippen LogP contribution is -2.27. The van der Waals surface area contributed by atoms with Crippen molar-refractivity contribution in [3.05, 3.63) is 59.5 Å². The molecule has 0 bridgehead atoms. The number of rotatable bonds is 6. The van der Waals surface area contributed by atoms with Gasteiger partial charge in [0.15, 0.2) is 0 Å². The number of allylic oxidation sites excluding steroid dienone is 2. The van der Waals surface area contributed by atoms with Crippen molar-refractivity contribution in [2.45, 2.75) is 26.7 Å². The number of hydrogen-bond acceptors (Lipinski definition) is 6. The molecule has 1 heterocycles. The topological polar surface area (TPSA) is 84.9 Å². The quantitative estimate of drug-likeness (QED) is 0.758. The molecular formula is C21H24N2O5. The number of hydrogen-bond donors (Lipinski definition) is 1. The summed E-state index contributed by atoms with van der Waals surface area (Å²) in [5, 5.41) is 2.87. The maximum absolute atomic E-state index is 12.4. The van der Waals surface area contributed by atoms with Crippen LogP contribution in [0, 0.1) is 6.92 Å². The molecule has 0 saturated carbocycles. The number of aryl methyl sites for hydroxylation is 1. The highest BCUT2D eigenvalue weighted by atomic mass is 16.5. The van der Waals surface area contributed by atoms with E-state index in [9.17, 15) is 14.4 Å². The Morgan fingerprint density at radius 2 is 1.79 bits per heavy atom. The van der Waals surface area contributed by atoms with Gasteiger partial charge in [0.05, 0.1) is 19.8 Å². The fourth-order valence-corrected chi connectivity index (χ4v) is 2.74. The zero-order chi connectivity index (χ0) is 20.7. The Bertz CT molecular complexity index is 868. The van der Waals surface area contributed by atoms with E-state index in [4.69, 9.17) is 9.47 Å². The first kappa shape index (κ1) is 21.0. The molecule has 7 heteroatoms. The van der Waals surface area contributed by atoms with Gasteiger partial charge >= 0.3 is 11.9 Å². The Balaban J connectivity index is 2.49. The third kappa shape index (κ3) is 4.68. The van der Waals surface area contributed by atoms with Crippen LogP contribution >= 0.6 is 0 Å². The average Bonchev–Trinajstić information content (AvgIpc) is 2.91. The fourth-order valence-electron chi connectivity index (χ4n) is 2.74. The zero-order valence-corrected chi connectivity index (χ0v) is 16.4. The molecule has 1 aromatic carbocycles. The van der Waals surface area contributed by atoms with Crippen molar-refractivity contribution in [1.29, 1.82) is 0 Å². The van der Waals surface area contributed by atoms with Gasteiger partial charge in [-0.25, -0.2) is 9.59 Å². The third-order valence-electron chi connectivity index (χ3n) is 4.13. The number of carbonyl (C=O) groups excluding carboxylic acids is 3. The van der Waals surface area contributed by atoms with Crippen LogP contribution in [0.2, 0.25) is 0 Å². The molecule has 2 rings (SSSR count). The Kier molecular flexibility index (Phi) is 7.14. The molecule has 1 aliphatic heterocycles. The number of nitrogens with one attached hydrogen (secondary N) is 1. The van der Waals surface area contributed by atoms with Crippen molar-refractivity contribution >= 4 is 29.2 Å². The second-order valence-corrected chi connectivity index (χ2v) is 6.11. The molecule has 148 valence electrons. The highest BCUT2D eigenvalue weighted by molar-refractivity contribution is 6.05. The standard InChI is InChI=1S/C21H24N2O5/c1-5-8-18(24)22-17-11-10-15(13-14(17)2)23-12-7-6-9-16(20(25)27-3)19(23)21(26)28-4/h6-7,9-13H,5,8H2,1-4H3,(H,22,24). The van der Waals surface area contributed by atoms with E-state index in [0.29, 0.717) is 17.8 Å². The first-order valence-electron chi connectivity index (χ1n) is 8.88. The monoisotopic (exact) mass is 384 g/mol. The van der Waals surface area contributed by atoms with Crippen LogP contribution in [0.4, 0.5) is 11.4 Å². The summed E-state index contributed by atoms with van der Waals surface area (Å²) < 4.78 is 9.69. The maximum Gasteiger partial charge on any atom is 0.355 e. The molecule has 0 atom stereocenters. The lowest BCUT2D eigenvalue weighted by molar-refractivity contribution is -0.139. The number of anilines is 2. The van der Waals surface area contributed by atoms with Gasteiger partial charge in [-0.15, -0.1) is 0 Å². The molecule has 1 aliphatic rings. The molecule has 0 aromatic heterocycles. The molecule has 28 heavy (non-hydrogen) atoms. The van der Waals surface area contributed by atoms with Crippen molar-refractivity contribution in [2.75, 3.05) is 24.4 Å². The minimum atomic E-state index is -0.672. The van der Waals surface area contributed by atoms with Gasteiger partial charge in [-0.1, -0.05) is 13.0 Å². The number of nitrogens with zero attached hydrogens (tertiary/aromatic N) is 1. The number of esters is 2. The maximum atomic E-state index is 12.4. The number of methoxy groups -OCH3 is 2. The van der Waals surface area contributed by atoms with Gasteiger partial charge in [-0.3, -0.25) is 4.79 Å². The van der Waals surface area contributed by atoms with E-state index in [0.717, 1.165) is 12.0 Å². The number of amides is 1. The lowest BCUT2D eigenvalue weighted by atomic mass is 10.1. The molecule has 7 nitrogen and oxygen atoms in total. The molecule has 0 radical (unpaired) electrons. The first-order valence-corrected chi connectivity index (χ1v) is 8.88. The highest BCUT2D eigenvalue weighted by Crippen LogP contribution is 2.29. The van der Waals surface area contributed by atoms with E-state index in [1.807, 2.05) is 19.9 Å². The van der Waals surface area contributed by atoms with E-state index >= 15 is 0 Å². The molecule has 0 saturated heterocycles. The van der Waals surface area contributed by atoms with Crippen LogP contribution in [0.15, 0.2) is 53.9 Å². The van der Waals surface area contributed by atoms with Crippen molar-refractivity contribution in [2.24, 2.45) is 0 Å². The van der Waals surface area contributed by atoms with Crippen LogP contribution in [0.25, 0.3) is 0 Å². The molecule has 0 unspecified atom stereocenters. The van der Waals surface area contributed by atoms with E-state index in [2.05, 4.69) is 5.32 Å². The summed E-state index contributed by atoms with van der Waals surface area (Å²) in [5.41, 5.74) is 2.26. The van der Waals surface area contributed by atoms with Crippen LogP contribution in [0.5, 0.6) is 0 Å². The summed E-state index contributed by atoms with van der Waals surface area (Å²) in [6.07, 6.45) is 7.70. The molecule has 0 spiro atoms. The van der Waals surface area contributed by atoms with Gasteiger partial charge < -0.3 is 19.7 Å². The molecule has 1 N–H and O–H groups in total. The normalized spacial score (nSPS) is 13.2. The summed E-state index contributed by atoms with van der Waals surface area (Å²) in [6, 6.07) is 5.33. The van der Waals surface area contributed by atoms with Crippen molar-refractivity contribution in [3.63, 3.8) is 0 Å². The van der Waals surface area contributed by atoms with E-state index in [1.165, 1.54) is 20.3 Å². The predicted molar refractivity (Wildman–Crippen MR) is 107 cm³/mol. The van der Waals surface area contributed by atoms with Crippen molar-refractivity contribution in [1.82, 2.24) is 0 Å². The second kappa shape index (κ2) is 9.55. The summed E-state index contributed by atoms with van der Waals surface area (Å²) in [6.45, 7) is 3.79. The van der Waals surface area contributed by atoms with Gasteiger partial charge in [0.2, 0.25) is 5.91 Å². The van der Waals surface area contributed by atoms with E-state index in [-0.39, 0.29) is 17.2 Å². The summed E-state index contributed by atoms with van der Waals surface area (Å²) in [4.78, 5) is 38.1. The minimum absolute atomic E-state index is 0.0431. The fraction of sp³-hybridized carbons (Fsp3) is 0.286. The van der Waals surface area contributed by atoms with Gasteiger partial charge in [0.25, 0.3) is 0 Å². The van der Waals surface area contributed by atoms with Crippen LogP contribution in [0.3, 0.4) is 0 Å². The Morgan fingerprint density at radius 1 is 1.07 bits per heavy atom. The van der Waals surface area contributed by atoms with Crippen molar-refractivity contribution < 1.29 is 23.9 Å². The Hall–Kier alpha value is -3.35. The average molecular weight is 384 g/mol. The number of carbonyl (C=O) groups is 3. The molecule has 0 fully saturated rings. The highest BCUT2D eigenvalue weighted by Gasteiger charge is 2.27. The van der Waals surface area contributed by atoms with Crippen LogP contribution in [0.1, 0.15) is 25.3 Å². The van der Waals surface area contributed by atoms with Crippen LogP contribution < -0.4 is 10.2 Å². The van der Waals surface area contributed by atoms with Gasteiger partial charge in [0, 0.05) is 24.0 Å². The summed E-state index contributed by atoms with van der Waals surface area (Å²) >= 11 is 0. The Labute approximate surface area is 164 Å². The molecule has 1 aromatic rings. The van der Waals surface area contributed by atoms with Gasteiger partial charge in [0.1, 0.15) is 5.70 Å². The van der Waals surface area contributed by atoms with Gasteiger partial charge in [-0.05, 0) is 49.3 Å². The largest absolute Gasteiger partial charge is 0.465 e. The third-order valence-corrected chi connectivity index (χ3v) is 4.13. The predicted octanol–water partition coefficient (Wildman–Crippen LogP) is 3.22. The summed E-state index contributed by atoms with van der Waals surface area (Å²) in [5.74, 6) is -1.37. The number of ether oxygens (including phenoxy) is 2. The zero-order valence-electron chi connectivity index (χ0n) is 16.4. The van der Waals surface area contributed by atoms with Crippen LogP contribution in [-0.4, -0.2) is 32.1 Å². The Morgan fingerprint density at radius 3 is 2.39 bits per heavy atom. The van der Waals surface area contributed by atoms with E-state index < -0.39 is 11.9 Å². The van der Waals surface area contributed by atoms with E-state index in [1.54, 1.807) is 35.4 Å². The van der Waals surface area contributed by atoms with Crippen molar-refractivity contribution in [3.8, 4) is 0 Å². The second-order valence-electron chi connectivity index (χ2n) is 6.11. The first-order chi connectivity index (χ1) is 13.4. The SMILES string of the molecule is CCCC(=O)Nc1ccc(N2C=CC=CC(C(=O)OC)=C2C(=O)OC)cc1C. The van der Waals surface area contributed by atoms with Crippen LogP contribution in [-0.2, 0) is 23.9 Å². The minimum Gasteiger partial charge on any atom is -0.465 e.